The number of hydrogen-bond donors (Lipinski definition) is 2. The molecule has 7 nitrogen and oxygen atoms in total. The van der Waals surface area contributed by atoms with Crippen LogP contribution in [0.3, 0.4) is 0 Å². The van der Waals surface area contributed by atoms with Gasteiger partial charge >= 0.3 is 0 Å². The molecule has 2 aliphatic rings. The highest BCUT2D eigenvalue weighted by Gasteiger charge is 2.21. The van der Waals surface area contributed by atoms with Crippen molar-refractivity contribution in [2.75, 3.05) is 59.5 Å². The summed E-state index contributed by atoms with van der Waals surface area (Å²) < 4.78 is 4.98. The predicted molar refractivity (Wildman–Crippen MR) is 107 cm³/mol. The molecule has 0 aromatic carbocycles. The first kappa shape index (κ1) is 22.1. The molecule has 1 heterocycles. The van der Waals surface area contributed by atoms with Crippen molar-refractivity contribution in [2.24, 2.45) is 0 Å². The third-order valence-electron chi connectivity index (χ3n) is 5.52. The van der Waals surface area contributed by atoms with Gasteiger partial charge in [0.15, 0.2) is 0 Å². The summed E-state index contributed by atoms with van der Waals surface area (Å²) in [5, 5.41) is 6.17. The summed E-state index contributed by atoms with van der Waals surface area (Å²) in [5.74, 6) is 0.228. The molecule has 0 atom stereocenters. The lowest BCUT2D eigenvalue weighted by molar-refractivity contribution is -0.125. The molecule has 2 N–H and O–H groups in total. The Bertz CT molecular complexity index is 431. The second kappa shape index (κ2) is 13.1. The van der Waals surface area contributed by atoms with E-state index in [1.165, 1.54) is 32.1 Å². The van der Waals surface area contributed by atoms with Crippen LogP contribution in [0.1, 0.15) is 51.4 Å². The zero-order chi connectivity index (χ0) is 19.3. The van der Waals surface area contributed by atoms with Crippen molar-refractivity contribution in [3.8, 4) is 0 Å². The number of amides is 2. The first-order valence-electron chi connectivity index (χ1n) is 10.7. The molecule has 2 rings (SSSR count). The summed E-state index contributed by atoms with van der Waals surface area (Å²) in [6, 6.07) is 0.362. The monoisotopic (exact) mass is 382 g/mol. The van der Waals surface area contributed by atoms with Gasteiger partial charge in [0.1, 0.15) is 0 Å². The van der Waals surface area contributed by atoms with Gasteiger partial charge < -0.3 is 15.4 Å². The Balaban J connectivity index is 1.58. The molecule has 7 heteroatoms. The molecule has 1 saturated heterocycles. The number of rotatable bonds is 9. The van der Waals surface area contributed by atoms with Gasteiger partial charge in [0.25, 0.3) is 0 Å². The molecule has 1 saturated carbocycles. The molecule has 156 valence electrons. The van der Waals surface area contributed by atoms with Crippen LogP contribution in [-0.4, -0.2) is 87.2 Å². The maximum atomic E-state index is 12.4. The highest BCUT2D eigenvalue weighted by atomic mass is 16.5. The summed E-state index contributed by atoms with van der Waals surface area (Å²) >= 11 is 0. The Labute approximate surface area is 164 Å². The number of carbonyl (C=O) groups is 2. The highest BCUT2D eigenvalue weighted by molar-refractivity contribution is 5.78. The number of carbonyl (C=O) groups excluding carboxylic acids is 2. The Morgan fingerprint density at radius 2 is 1.44 bits per heavy atom. The van der Waals surface area contributed by atoms with E-state index in [2.05, 4.69) is 20.4 Å². The second-order valence-electron chi connectivity index (χ2n) is 7.86. The van der Waals surface area contributed by atoms with Crippen molar-refractivity contribution in [2.45, 2.75) is 57.4 Å². The Morgan fingerprint density at radius 1 is 0.889 bits per heavy atom. The van der Waals surface area contributed by atoms with E-state index in [1.807, 2.05) is 0 Å². The van der Waals surface area contributed by atoms with Crippen molar-refractivity contribution in [1.29, 1.82) is 0 Å². The lowest BCUT2D eigenvalue weighted by Crippen LogP contribution is -2.52. The third kappa shape index (κ3) is 9.53. The minimum absolute atomic E-state index is 0.0709. The van der Waals surface area contributed by atoms with Gasteiger partial charge in [-0.3, -0.25) is 19.4 Å². The van der Waals surface area contributed by atoms with Crippen LogP contribution in [0.5, 0.6) is 0 Å². The molecule has 0 aromatic heterocycles. The Morgan fingerprint density at radius 3 is 2.04 bits per heavy atom. The lowest BCUT2D eigenvalue weighted by Gasteiger charge is -2.34. The minimum atomic E-state index is 0.0709. The molecule has 27 heavy (non-hydrogen) atoms. The molecular formula is C20H38N4O3. The molecule has 2 amide bonds. The molecule has 1 aliphatic carbocycles. The summed E-state index contributed by atoms with van der Waals surface area (Å²) in [6.07, 6.45) is 9.50. The van der Waals surface area contributed by atoms with Gasteiger partial charge in [-0.05, 0) is 19.3 Å². The third-order valence-corrected chi connectivity index (χ3v) is 5.52. The van der Waals surface area contributed by atoms with Crippen molar-refractivity contribution in [3.05, 3.63) is 0 Å². The standard InChI is InChI=1S/C20H38N4O3/c1-27-15-7-10-21-19(25)16-23-11-13-24(14-12-23)17-20(26)22-18-8-5-3-2-4-6-9-18/h18H,2-17H2,1H3,(H,21,25)(H,22,26). The smallest absolute Gasteiger partial charge is 0.234 e. The largest absolute Gasteiger partial charge is 0.385 e. The van der Waals surface area contributed by atoms with Gasteiger partial charge in [0, 0.05) is 52.5 Å². The van der Waals surface area contributed by atoms with E-state index in [1.54, 1.807) is 7.11 Å². The zero-order valence-corrected chi connectivity index (χ0v) is 17.0. The van der Waals surface area contributed by atoms with Crippen LogP contribution in [0.4, 0.5) is 0 Å². The fourth-order valence-corrected chi connectivity index (χ4v) is 3.89. The topological polar surface area (TPSA) is 73.9 Å². The van der Waals surface area contributed by atoms with E-state index in [4.69, 9.17) is 4.74 Å². The van der Waals surface area contributed by atoms with Gasteiger partial charge in [-0.25, -0.2) is 0 Å². The van der Waals surface area contributed by atoms with Gasteiger partial charge in [-0.1, -0.05) is 32.1 Å². The minimum Gasteiger partial charge on any atom is -0.385 e. The fourth-order valence-electron chi connectivity index (χ4n) is 3.89. The molecule has 0 aromatic rings. The normalized spacial score (nSPS) is 20.6. The number of methoxy groups -OCH3 is 1. The van der Waals surface area contributed by atoms with Crippen LogP contribution in [0, 0.1) is 0 Å². The number of nitrogens with one attached hydrogen (secondary N) is 2. The number of nitrogens with zero attached hydrogens (tertiary/aromatic N) is 2. The van der Waals surface area contributed by atoms with Crippen molar-refractivity contribution in [1.82, 2.24) is 20.4 Å². The maximum absolute atomic E-state index is 12.4. The quantitative estimate of drug-likeness (QED) is 0.582. The molecule has 0 bridgehead atoms. The first-order chi connectivity index (χ1) is 13.2. The van der Waals surface area contributed by atoms with E-state index in [0.717, 1.165) is 45.4 Å². The molecule has 0 spiro atoms. The average Bonchev–Trinajstić information content (AvgIpc) is 2.63. The molecule has 0 unspecified atom stereocenters. The van der Waals surface area contributed by atoms with Gasteiger partial charge in [0.05, 0.1) is 13.1 Å². The summed E-state index contributed by atoms with van der Waals surface area (Å²) in [4.78, 5) is 28.7. The first-order valence-corrected chi connectivity index (χ1v) is 10.7. The molecule has 0 radical (unpaired) electrons. The lowest BCUT2D eigenvalue weighted by atomic mass is 9.97. The molecule has 1 aliphatic heterocycles. The van der Waals surface area contributed by atoms with Crippen molar-refractivity contribution >= 4 is 11.8 Å². The van der Waals surface area contributed by atoms with Crippen LogP contribution in [-0.2, 0) is 14.3 Å². The zero-order valence-electron chi connectivity index (χ0n) is 17.0. The van der Waals surface area contributed by atoms with E-state index >= 15 is 0 Å². The van der Waals surface area contributed by atoms with E-state index in [-0.39, 0.29) is 11.8 Å². The van der Waals surface area contributed by atoms with Crippen LogP contribution < -0.4 is 10.6 Å². The van der Waals surface area contributed by atoms with E-state index in [9.17, 15) is 9.59 Å². The predicted octanol–water partition coefficient (Wildman–Crippen LogP) is 0.986. The Hall–Kier alpha value is -1.18. The average molecular weight is 383 g/mol. The fraction of sp³-hybridized carbons (Fsp3) is 0.900. The second-order valence-corrected chi connectivity index (χ2v) is 7.86. The number of ether oxygens (including phenoxy) is 1. The summed E-state index contributed by atoms with van der Waals surface area (Å²) in [6.45, 7) is 5.60. The van der Waals surface area contributed by atoms with Crippen LogP contribution >= 0.6 is 0 Å². The van der Waals surface area contributed by atoms with Crippen LogP contribution in [0.15, 0.2) is 0 Å². The van der Waals surface area contributed by atoms with Gasteiger partial charge in [-0.15, -0.1) is 0 Å². The van der Waals surface area contributed by atoms with Crippen LogP contribution in [0.25, 0.3) is 0 Å². The van der Waals surface area contributed by atoms with Gasteiger partial charge in [0.2, 0.25) is 11.8 Å². The number of piperazine rings is 1. The van der Waals surface area contributed by atoms with E-state index < -0.39 is 0 Å². The van der Waals surface area contributed by atoms with Crippen molar-refractivity contribution in [3.63, 3.8) is 0 Å². The van der Waals surface area contributed by atoms with Crippen molar-refractivity contribution < 1.29 is 14.3 Å². The number of hydrogen-bond acceptors (Lipinski definition) is 5. The molecule has 2 fully saturated rings. The van der Waals surface area contributed by atoms with Gasteiger partial charge in [-0.2, -0.15) is 0 Å². The summed E-state index contributed by atoms with van der Waals surface area (Å²) in [7, 11) is 1.67. The SMILES string of the molecule is COCCCNC(=O)CN1CCN(CC(=O)NC2CCCCCCC2)CC1. The highest BCUT2D eigenvalue weighted by Crippen LogP contribution is 2.17. The Kier molecular flexibility index (Phi) is 10.7. The van der Waals surface area contributed by atoms with E-state index in [0.29, 0.717) is 32.3 Å². The maximum Gasteiger partial charge on any atom is 0.234 e. The molecular weight excluding hydrogens is 344 g/mol. The summed E-state index contributed by atoms with van der Waals surface area (Å²) in [5.41, 5.74) is 0. The van der Waals surface area contributed by atoms with Crippen LogP contribution in [0.2, 0.25) is 0 Å².